The van der Waals surface area contributed by atoms with E-state index in [1.807, 2.05) is 122 Å². The molecule has 8 aromatic rings. The number of ether oxygens (including phenoxy) is 2. The van der Waals surface area contributed by atoms with Gasteiger partial charge in [0.1, 0.15) is 11.5 Å². The molecule has 8 rings (SSSR count). The number of anilines is 2. The lowest BCUT2D eigenvalue weighted by Crippen LogP contribution is -2.39. The zero-order chi connectivity index (χ0) is 46.4. The van der Waals surface area contributed by atoms with E-state index in [4.69, 9.17) is 33.9 Å². The minimum Gasteiger partial charge on any atom is -0.867 e. The first-order chi connectivity index (χ1) is 32.1. The Bertz CT molecular complexity index is 2750. The van der Waals surface area contributed by atoms with Gasteiger partial charge in [-0.15, -0.1) is 0 Å². The maximum Gasteiger partial charge on any atom is 0.238 e. The lowest BCUT2D eigenvalue weighted by molar-refractivity contribution is -0.577. The van der Waals surface area contributed by atoms with Gasteiger partial charge in [0.2, 0.25) is 11.4 Å². The van der Waals surface area contributed by atoms with Crippen LogP contribution in [0.4, 0.5) is 11.4 Å². The molecule has 0 unspecified atom stereocenters. The molecule has 0 amide bonds. The topological polar surface area (TPSA) is 122 Å². The summed E-state index contributed by atoms with van der Waals surface area (Å²) < 4.78 is 15.8. The van der Waals surface area contributed by atoms with Gasteiger partial charge in [0.25, 0.3) is 0 Å². The molecule has 4 aromatic carbocycles. The number of hydrogen-bond acceptors (Lipinski definition) is 8. The molecule has 0 aliphatic carbocycles. The molecule has 0 radical (unpaired) electrons. The monoisotopic (exact) mass is 1030 g/mol. The first kappa shape index (κ1) is 46.9. The molecule has 0 atom stereocenters. The van der Waals surface area contributed by atoms with Crippen LogP contribution in [0.2, 0.25) is 0 Å². The number of nitrogens with one attached hydrogen (secondary N) is 2. The Morgan fingerprint density at radius 3 is 1.06 bits per heavy atom. The molecule has 0 saturated heterocycles. The Morgan fingerprint density at radius 2 is 0.758 bits per heavy atom. The average molecular weight is 1040 g/mol. The van der Waals surface area contributed by atoms with Crippen molar-refractivity contribution in [2.75, 3.05) is 24.9 Å². The molecule has 0 spiro atoms. The number of nitrogens with zero attached hydrogens (tertiary/aromatic N) is 4. The van der Waals surface area contributed by atoms with Crippen LogP contribution in [-0.4, -0.2) is 34.2 Å². The number of pyridine rings is 4. The Kier molecular flexibility index (Phi) is 16.1. The minimum atomic E-state index is -0.200. The van der Waals surface area contributed by atoms with Crippen molar-refractivity contribution in [1.29, 1.82) is 0 Å². The van der Waals surface area contributed by atoms with E-state index in [-0.39, 0.29) is 11.5 Å². The van der Waals surface area contributed by atoms with Crippen LogP contribution in [0.25, 0.3) is 45.2 Å². The number of aromatic nitrogens is 4. The second kappa shape index (κ2) is 22.7. The van der Waals surface area contributed by atoms with Gasteiger partial charge in [-0.2, -0.15) is 9.13 Å². The number of rotatable bonds is 12. The Hall–Kier alpha value is -7.10. The second-order valence-corrected chi connectivity index (χ2v) is 16.8. The van der Waals surface area contributed by atoms with Crippen molar-refractivity contribution >= 4 is 101 Å². The van der Waals surface area contributed by atoms with Crippen LogP contribution >= 0.6 is 56.3 Å². The van der Waals surface area contributed by atoms with Crippen molar-refractivity contribution in [1.82, 2.24) is 9.97 Å². The predicted octanol–water partition coefficient (Wildman–Crippen LogP) is 9.87. The molecular weight excluding hydrogens is 997 g/mol. The van der Waals surface area contributed by atoms with Gasteiger partial charge in [0.15, 0.2) is 34.8 Å². The first-order valence-corrected chi connectivity index (χ1v) is 22.6. The fourth-order valence-corrected chi connectivity index (χ4v) is 7.67. The van der Waals surface area contributed by atoms with Crippen molar-refractivity contribution in [2.24, 2.45) is 0 Å². The second-order valence-electron chi connectivity index (χ2n) is 14.2. The molecular formula is C52H40Br2N6O4S2. The summed E-state index contributed by atoms with van der Waals surface area (Å²) in [6.07, 6.45) is 14.3. The maximum absolute atomic E-state index is 13.5. The summed E-state index contributed by atoms with van der Waals surface area (Å²) in [6, 6.07) is 44.7. The Labute approximate surface area is 410 Å². The Balaban J connectivity index is 0.000000196. The van der Waals surface area contributed by atoms with Gasteiger partial charge < -0.3 is 30.3 Å². The molecule has 0 aliphatic rings. The van der Waals surface area contributed by atoms with Crippen LogP contribution in [0.15, 0.2) is 204 Å². The van der Waals surface area contributed by atoms with E-state index in [2.05, 4.69) is 52.5 Å². The summed E-state index contributed by atoms with van der Waals surface area (Å²) in [6.45, 7) is 0. The normalized spacial score (nSPS) is 11.5. The van der Waals surface area contributed by atoms with Gasteiger partial charge in [0, 0.05) is 69.4 Å². The van der Waals surface area contributed by atoms with Gasteiger partial charge >= 0.3 is 0 Å². The van der Waals surface area contributed by atoms with Crippen LogP contribution in [0.5, 0.6) is 11.5 Å². The van der Waals surface area contributed by atoms with E-state index in [1.165, 1.54) is 0 Å². The standard InChI is InChI=1S/2C26H20BrN3O2S/c2*1-32-23-8-2-20(3-9-23)25(31)24(26(33)29-22-6-4-21(27)5-7-22)30-16-12-19(13-17-30)18-10-14-28-15-11-18/h2*2-17H,1H3,(H-,28,29,31,33). The van der Waals surface area contributed by atoms with E-state index in [1.54, 1.807) is 96.7 Å². The molecule has 328 valence electrons. The maximum atomic E-state index is 13.5. The van der Waals surface area contributed by atoms with E-state index in [0.717, 1.165) is 42.6 Å². The molecule has 0 bridgehead atoms. The summed E-state index contributed by atoms with van der Waals surface area (Å²) in [4.78, 5) is 8.76. The molecule has 4 heterocycles. The summed E-state index contributed by atoms with van der Waals surface area (Å²) in [7, 11) is 3.18. The van der Waals surface area contributed by atoms with Crippen molar-refractivity contribution in [3.8, 4) is 33.8 Å². The number of thiocarbonyl (C=S) groups is 2. The third kappa shape index (κ3) is 12.2. The largest absolute Gasteiger partial charge is 0.867 e. The quantitative estimate of drug-likeness (QED) is 0.0530. The lowest BCUT2D eigenvalue weighted by atomic mass is 10.1. The highest BCUT2D eigenvalue weighted by Crippen LogP contribution is 2.25. The van der Waals surface area contributed by atoms with Crippen LogP contribution in [0.1, 0.15) is 11.1 Å². The number of hydrogen-bond donors (Lipinski definition) is 2. The smallest absolute Gasteiger partial charge is 0.238 e. The van der Waals surface area contributed by atoms with Crippen molar-refractivity contribution < 1.29 is 28.8 Å². The van der Waals surface area contributed by atoms with E-state index in [0.29, 0.717) is 44.0 Å². The molecule has 4 aromatic heterocycles. The van der Waals surface area contributed by atoms with E-state index in [9.17, 15) is 10.2 Å². The number of methoxy groups -OCH3 is 2. The fraction of sp³-hybridized carbons (Fsp3) is 0.0385. The van der Waals surface area contributed by atoms with Gasteiger partial charge in [-0.05, 0) is 142 Å². The predicted molar refractivity (Wildman–Crippen MR) is 273 cm³/mol. The van der Waals surface area contributed by atoms with Crippen LogP contribution in [0.3, 0.4) is 0 Å². The third-order valence-electron chi connectivity index (χ3n) is 9.97. The SMILES string of the molecule is COc1ccc(/C([O-])=C(/C(=S)Nc2ccc(Br)cc2)[n+]2ccc(-c3ccncc3)cc2)cc1.COc1ccc(/C([O-])=C(/C(=S)Nc2ccc(Br)cc2)[n+]2ccc(-c3ccncc3)cc2)cc1. The molecule has 14 heteroatoms. The molecule has 0 fully saturated rings. The van der Waals surface area contributed by atoms with E-state index >= 15 is 0 Å². The molecule has 0 aliphatic heterocycles. The molecule has 2 N–H and O–H groups in total. The van der Waals surface area contributed by atoms with Gasteiger partial charge in [-0.1, -0.05) is 80.6 Å². The Morgan fingerprint density at radius 1 is 0.455 bits per heavy atom. The first-order valence-electron chi connectivity index (χ1n) is 20.2. The fourth-order valence-electron chi connectivity index (χ4n) is 6.51. The highest BCUT2D eigenvalue weighted by Gasteiger charge is 2.21. The highest BCUT2D eigenvalue weighted by atomic mass is 79.9. The summed E-state index contributed by atoms with van der Waals surface area (Å²) in [5, 5.41) is 33.5. The summed E-state index contributed by atoms with van der Waals surface area (Å²) >= 11 is 18.2. The van der Waals surface area contributed by atoms with Crippen LogP contribution in [0, 0.1) is 0 Å². The molecule has 0 saturated carbocycles. The highest BCUT2D eigenvalue weighted by molar-refractivity contribution is 9.10. The van der Waals surface area contributed by atoms with Crippen molar-refractivity contribution in [2.45, 2.75) is 0 Å². The number of halogens is 2. The van der Waals surface area contributed by atoms with Crippen molar-refractivity contribution in [3.05, 3.63) is 215 Å². The zero-order valence-electron chi connectivity index (χ0n) is 35.5. The summed E-state index contributed by atoms with van der Waals surface area (Å²) in [5.41, 5.74) is 7.39. The van der Waals surface area contributed by atoms with E-state index < -0.39 is 0 Å². The summed E-state index contributed by atoms with van der Waals surface area (Å²) in [5.74, 6) is 0.957. The zero-order valence-corrected chi connectivity index (χ0v) is 40.3. The minimum absolute atomic E-state index is 0.200. The van der Waals surface area contributed by atoms with Crippen LogP contribution in [-0.2, 0) is 0 Å². The molecule has 66 heavy (non-hydrogen) atoms. The van der Waals surface area contributed by atoms with Gasteiger partial charge in [-0.25, -0.2) is 0 Å². The van der Waals surface area contributed by atoms with Crippen LogP contribution < -0.4 is 39.5 Å². The van der Waals surface area contributed by atoms with Gasteiger partial charge in [0.05, 0.1) is 14.2 Å². The van der Waals surface area contributed by atoms with Crippen molar-refractivity contribution in [3.63, 3.8) is 0 Å². The average Bonchev–Trinajstić information content (AvgIpc) is 3.36. The third-order valence-corrected chi connectivity index (χ3v) is 11.6. The molecule has 10 nitrogen and oxygen atoms in total. The van der Waals surface area contributed by atoms with Gasteiger partial charge in [-0.3, -0.25) is 9.97 Å². The lowest BCUT2D eigenvalue weighted by Gasteiger charge is -2.17. The number of benzene rings is 4.